The van der Waals surface area contributed by atoms with Gasteiger partial charge in [0.15, 0.2) is 0 Å². The highest BCUT2D eigenvalue weighted by Gasteiger charge is 2.15. The molecule has 0 unspecified atom stereocenters. The Morgan fingerprint density at radius 2 is 2.00 bits per heavy atom. The predicted molar refractivity (Wildman–Crippen MR) is 110 cm³/mol. The number of hydrogen-bond acceptors (Lipinski definition) is 5. The van der Waals surface area contributed by atoms with Crippen molar-refractivity contribution in [1.29, 1.82) is 0 Å². The molecule has 0 fully saturated rings. The first-order valence-electron chi connectivity index (χ1n) is 9.09. The number of aromatic nitrogens is 2. The SMILES string of the molecule is CCc1nccc(-c2ccc(C(=O)OC)c(F)c2)c1C#Cc1ccc(NC)nc1. The Hall–Kier alpha value is -3.72. The molecule has 2 aromatic heterocycles. The van der Waals surface area contributed by atoms with Gasteiger partial charge in [-0.25, -0.2) is 14.2 Å². The second kappa shape index (κ2) is 8.98. The van der Waals surface area contributed by atoms with Gasteiger partial charge in [0, 0.05) is 30.6 Å². The summed E-state index contributed by atoms with van der Waals surface area (Å²) >= 11 is 0. The van der Waals surface area contributed by atoms with Crippen molar-refractivity contribution >= 4 is 11.8 Å². The van der Waals surface area contributed by atoms with E-state index in [1.807, 2.05) is 19.1 Å². The molecule has 6 heteroatoms. The number of nitrogens with zero attached hydrogens (tertiary/aromatic N) is 2. The molecule has 2 heterocycles. The van der Waals surface area contributed by atoms with E-state index in [0.717, 1.165) is 28.2 Å². The maximum atomic E-state index is 14.4. The van der Waals surface area contributed by atoms with Crippen molar-refractivity contribution in [2.45, 2.75) is 13.3 Å². The molecule has 0 aliphatic heterocycles. The predicted octanol–water partition coefficient (Wildman–Crippen LogP) is 4.07. The Balaban J connectivity index is 2.06. The monoisotopic (exact) mass is 389 g/mol. The lowest BCUT2D eigenvalue weighted by atomic mass is 9.97. The third kappa shape index (κ3) is 4.41. The Morgan fingerprint density at radius 1 is 1.17 bits per heavy atom. The average molecular weight is 389 g/mol. The topological polar surface area (TPSA) is 64.1 Å². The molecule has 0 amide bonds. The molecule has 0 spiro atoms. The zero-order chi connectivity index (χ0) is 20.8. The van der Waals surface area contributed by atoms with Gasteiger partial charge >= 0.3 is 5.97 Å². The lowest BCUT2D eigenvalue weighted by Gasteiger charge is -2.10. The fourth-order valence-corrected chi connectivity index (χ4v) is 2.86. The highest BCUT2D eigenvalue weighted by Crippen LogP contribution is 2.27. The Labute approximate surface area is 169 Å². The van der Waals surface area contributed by atoms with Crippen LogP contribution in [0.25, 0.3) is 11.1 Å². The van der Waals surface area contributed by atoms with Gasteiger partial charge in [-0.15, -0.1) is 0 Å². The van der Waals surface area contributed by atoms with Gasteiger partial charge in [0.05, 0.1) is 23.9 Å². The first-order valence-corrected chi connectivity index (χ1v) is 9.09. The number of ether oxygens (including phenoxy) is 1. The van der Waals surface area contributed by atoms with Gasteiger partial charge in [0.1, 0.15) is 11.6 Å². The molecule has 3 rings (SSSR count). The van der Waals surface area contributed by atoms with Gasteiger partial charge in [-0.1, -0.05) is 24.8 Å². The molecule has 0 atom stereocenters. The highest BCUT2D eigenvalue weighted by molar-refractivity contribution is 5.90. The Bertz CT molecular complexity index is 1100. The van der Waals surface area contributed by atoms with Crippen LogP contribution in [0.1, 0.15) is 34.1 Å². The van der Waals surface area contributed by atoms with Crippen LogP contribution in [0.2, 0.25) is 0 Å². The number of aryl methyl sites for hydroxylation is 1. The summed E-state index contributed by atoms with van der Waals surface area (Å²) in [5.41, 5.74) is 3.54. The fourth-order valence-electron chi connectivity index (χ4n) is 2.86. The minimum Gasteiger partial charge on any atom is -0.465 e. The summed E-state index contributed by atoms with van der Waals surface area (Å²) in [5.74, 6) is 5.67. The van der Waals surface area contributed by atoms with E-state index in [9.17, 15) is 9.18 Å². The molecule has 1 aromatic carbocycles. The molecule has 3 aromatic rings. The summed E-state index contributed by atoms with van der Waals surface area (Å²) < 4.78 is 19.0. The first kappa shape index (κ1) is 20.0. The summed E-state index contributed by atoms with van der Waals surface area (Å²) in [6, 6.07) is 9.92. The normalized spacial score (nSPS) is 10.1. The van der Waals surface area contributed by atoms with Crippen molar-refractivity contribution in [1.82, 2.24) is 9.97 Å². The van der Waals surface area contributed by atoms with Gasteiger partial charge in [-0.05, 0) is 42.3 Å². The summed E-state index contributed by atoms with van der Waals surface area (Å²) in [7, 11) is 3.02. The maximum absolute atomic E-state index is 14.4. The number of pyridine rings is 2. The first-order chi connectivity index (χ1) is 14.1. The molecular weight excluding hydrogens is 369 g/mol. The number of halogens is 1. The quantitative estimate of drug-likeness (QED) is 0.538. The van der Waals surface area contributed by atoms with Crippen LogP contribution in [0.4, 0.5) is 10.2 Å². The Morgan fingerprint density at radius 3 is 2.62 bits per heavy atom. The largest absolute Gasteiger partial charge is 0.465 e. The van der Waals surface area contributed by atoms with E-state index in [-0.39, 0.29) is 5.56 Å². The van der Waals surface area contributed by atoms with E-state index in [1.165, 1.54) is 19.2 Å². The van der Waals surface area contributed by atoms with Crippen molar-refractivity contribution in [2.24, 2.45) is 0 Å². The fraction of sp³-hybridized carbons (Fsp3) is 0.174. The number of methoxy groups -OCH3 is 1. The van der Waals surface area contributed by atoms with Crippen LogP contribution in [0.3, 0.4) is 0 Å². The number of rotatable bonds is 4. The van der Waals surface area contributed by atoms with Crippen LogP contribution in [0.5, 0.6) is 0 Å². The molecule has 146 valence electrons. The highest BCUT2D eigenvalue weighted by atomic mass is 19.1. The second-order valence-corrected chi connectivity index (χ2v) is 6.15. The van der Waals surface area contributed by atoms with Gasteiger partial charge < -0.3 is 10.1 Å². The third-order valence-electron chi connectivity index (χ3n) is 4.40. The summed E-state index contributed by atoms with van der Waals surface area (Å²) in [5, 5.41) is 2.96. The van der Waals surface area contributed by atoms with Gasteiger partial charge in [0.2, 0.25) is 0 Å². The average Bonchev–Trinajstić information content (AvgIpc) is 2.77. The number of carbonyl (C=O) groups is 1. The molecule has 0 bridgehead atoms. The molecule has 0 aliphatic rings. The van der Waals surface area contributed by atoms with Crippen LogP contribution in [0, 0.1) is 17.7 Å². The van der Waals surface area contributed by atoms with Crippen LogP contribution < -0.4 is 5.32 Å². The van der Waals surface area contributed by atoms with Crippen LogP contribution in [-0.4, -0.2) is 30.1 Å². The zero-order valence-corrected chi connectivity index (χ0v) is 16.4. The van der Waals surface area contributed by atoms with E-state index in [1.54, 1.807) is 31.6 Å². The summed E-state index contributed by atoms with van der Waals surface area (Å²) in [6.45, 7) is 1.99. The Kier molecular flexibility index (Phi) is 6.20. The van der Waals surface area contributed by atoms with Gasteiger partial charge in [-0.3, -0.25) is 4.98 Å². The van der Waals surface area contributed by atoms with E-state index in [4.69, 9.17) is 0 Å². The molecule has 5 nitrogen and oxygen atoms in total. The lowest BCUT2D eigenvalue weighted by molar-refractivity contribution is 0.0595. The van der Waals surface area contributed by atoms with Crippen molar-refractivity contribution in [3.8, 4) is 23.0 Å². The number of nitrogens with one attached hydrogen (secondary N) is 1. The minimum atomic E-state index is -0.712. The number of carbonyl (C=O) groups excluding carboxylic acids is 1. The van der Waals surface area contributed by atoms with Crippen molar-refractivity contribution < 1.29 is 13.9 Å². The molecule has 0 radical (unpaired) electrons. The van der Waals surface area contributed by atoms with Crippen molar-refractivity contribution in [3.05, 3.63) is 77.0 Å². The van der Waals surface area contributed by atoms with E-state index in [0.29, 0.717) is 12.0 Å². The van der Waals surface area contributed by atoms with Crippen LogP contribution >= 0.6 is 0 Å². The van der Waals surface area contributed by atoms with E-state index >= 15 is 0 Å². The summed E-state index contributed by atoms with van der Waals surface area (Å²) in [6.07, 6.45) is 4.04. The smallest absolute Gasteiger partial charge is 0.340 e. The number of esters is 1. The number of hydrogen-bond donors (Lipinski definition) is 1. The maximum Gasteiger partial charge on any atom is 0.340 e. The van der Waals surface area contributed by atoms with Crippen molar-refractivity contribution in [2.75, 3.05) is 19.5 Å². The lowest BCUT2D eigenvalue weighted by Crippen LogP contribution is -2.04. The minimum absolute atomic E-state index is 0.107. The number of anilines is 1. The third-order valence-corrected chi connectivity index (χ3v) is 4.40. The molecule has 1 N–H and O–H groups in total. The number of benzene rings is 1. The summed E-state index contributed by atoms with van der Waals surface area (Å²) in [4.78, 5) is 20.3. The van der Waals surface area contributed by atoms with E-state index < -0.39 is 11.8 Å². The van der Waals surface area contributed by atoms with E-state index in [2.05, 4.69) is 31.9 Å². The van der Waals surface area contributed by atoms with Gasteiger partial charge in [-0.2, -0.15) is 0 Å². The zero-order valence-electron chi connectivity index (χ0n) is 16.4. The molecule has 0 saturated heterocycles. The van der Waals surface area contributed by atoms with Crippen LogP contribution in [0.15, 0.2) is 48.8 Å². The van der Waals surface area contributed by atoms with Crippen LogP contribution in [-0.2, 0) is 11.2 Å². The van der Waals surface area contributed by atoms with Gasteiger partial charge in [0.25, 0.3) is 0 Å². The molecular formula is C23H20FN3O2. The molecule has 0 aliphatic carbocycles. The standard InChI is InChI=1S/C23H20FN3O2/c1-4-21-18(8-5-15-6-10-22(25-2)27-14-15)17(11-12-26-21)16-7-9-19(20(24)13-16)23(28)29-3/h6-7,9-14H,4H2,1-3H3,(H,25,27). The molecule has 0 saturated carbocycles. The molecule has 29 heavy (non-hydrogen) atoms. The van der Waals surface area contributed by atoms with Crippen molar-refractivity contribution in [3.63, 3.8) is 0 Å². The second-order valence-electron chi connectivity index (χ2n) is 6.15.